The lowest BCUT2D eigenvalue weighted by atomic mass is 10.0. The molecule has 1 aromatic carbocycles. The summed E-state index contributed by atoms with van der Waals surface area (Å²) in [5.74, 6) is 0.0976. The van der Waals surface area contributed by atoms with Crippen molar-refractivity contribution in [2.75, 3.05) is 23.8 Å². The Kier molecular flexibility index (Phi) is 2.74. The van der Waals surface area contributed by atoms with E-state index in [1.54, 1.807) is 0 Å². The molecule has 96 valence electrons. The van der Waals surface area contributed by atoms with Gasteiger partial charge in [-0.2, -0.15) is 0 Å². The summed E-state index contributed by atoms with van der Waals surface area (Å²) in [6, 6.07) is 6.04. The van der Waals surface area contributed by atoms with Crippen LogP contribution in [0.5, 0.6) is 0 Å². The molecule has 1 fully saturated rings. The Hall–Kier alpha value is -1.55. The van der Waals surface area contributed by atoms with Crippen molar-refractivity contribution in [1.82, 2.24) is 0 Å². The molecule has 0 aromatic heterocycles. The molecule has 0 radical (unpaired) electrons. The van der Waals surface area contributed by atoms with E-state index in [1.165, 1.54) is 5.56 Å². The molecule has 1 aliphatic carbocycles. The van der Waals surface area contributed by atoms with E-state index in [4.69, 9.17) is 0 Å². The predicted molar refractivity (Wildman–Crippen MR) is 70.6 cm³/mol. The quantitative estimate of drug-likeness (QED) is 0.758. The van der Waals surface area contributed by atoms with Gasteiger partial charge in [0, 0.05) is 29.8 Å². The van der Waals surface area contributed by atoms with Gasteiger partial charge in [-0.25, -0.2) is 0 Å². The summed E-state index contributed by atoms with van der Waals surface area (Å²) < 4.78 is 0. The van der Waals surface area contributed by atoms with Crippen molar-refractivity contribution >= 4 is 17.3 Å². The van der Waals surface area contributed by atoms with Gasteiger partial charge in [-0.3, -0.25) is 4.79 Å². The van der Waals surface area contributed by atoms with Crippen molar-refractivity contribution < 1.29 is 9.90 Å². The first-order valence-electron chi connectivity index (χ1n) is 6.48. The molecule has 0 saturated heterocycles. The molecule has 3 rings (SSSR count). The van der Waals surface area contributed by atoms with Crippen LogP contribution in [0.1, 0.15) is 24.8 Å². The van der Waals surface area contributed by atoms with Crippen molar-refractivity contribution in [3.8, 4) is 0 Å². The second-order valence-corrected chi connectivity index (χ2v) is 5.43. The molecular weight excluding hydrogens is 228 g/mol. The number of carbonyl (C=O) groups excluding carboxylic acids is 1. The third kappa shape index (κ3) is 2.20. The van der Waals surface area contributed by atoms with Crippen LogP contribution in [-0.2, 0) is 11.2 Å². The molecule has 4 heteroatoms. The molecule has 1 aliphatic heterocycles. The Labute approximate surface area is 106 Å². The second-order valence-electron chi connectivity index (χ2n) is 5.43. The second kappa shape index (κ2) is 4.28. The lowest BCUT2D eigenvalue weighted by molar-refractivity contribution is -0.116. The molecule has 4 nitrogen and oxygen atoms in total. The van der Waals surface area contributed by atoms with Crippen LogP contribution in [0.3, 0.4) is 0 Å². The highest BCUT2D eigenvalue weighted by Gasteiger charge is 2.41. The molecule has 1 amide bonds. The molecule has 3 N–H and O–H groups in total. The van der Waals surface area contributed by atoms with Crippen LogP contribution in [0, 0.1) is 5.41 Å². The highest BCUT2D eigenvalue weighted by Crippen LogP contribution is 2.45. The smallest absolute Gasteiger partial charge is 0.224 e. The van der Waals surface area contributed by atoms with Crippen molar-refractivity contribution in [2.24, 2.45) is 5.41 Å². The van der Waals surface area contributed by atoms with E-state index in [-0.39, 0.29) is 17.9 Å². The van der Waals surface area contributed by atoms with Crippen LogP contribution in [0.25, 0.3) is 0 Å². The summed E-state index contributed by atoms with van der Waals surface area (Å²) in [4.78, 5) is 11.3. The predicted octanol–water partition coefficient (Wildman–Crippen LogP) is 1.76. The van der Waals surface area contributed by atoms with Gasteiger partial charge < -0.3 is 15.7 Å². The van der Waals surface area contributed by atoms with Gasteiger partial charge in [0.25, 0.3) is 0 Å². The van der Waals surface area contributed by atoms with Gasteiger partial charge in [0.1, 0.15) is 0 Å². The van der Waals surface area contributed by atoms with Gasteiger partial charge in [-0.05, 0) is 43.0 Å². The molecule has 1 aromatic rings. The fraction of sp³-hybridized carbons (Fsp3) is 0.500. The number of carbonyl (C=O) groups is 1. The number of aliphatic hydroxyl groups excluding tert-OH is 1. The maximum atomic E-state index is 11.3. The van der Waals surface area contributed by atoms with Gasteiger partial charge in [0.15, 0.2) is 0 Å². The Bertz CT molecular complexity index is 481. The average molecular weight is 246 g/mol. The standard InChI is InChI=1S/C14H18N2O2/c17-9-14(5-6-14)8-15-11-2-3-12-10(7-11)1-4-13(18)16-12/h2-3,7,15,17H,1,4-6,8-9H2,(H,16,18). The third-order valence-corrected chi connectivity index (χ3v) is 3.96. The Morgan fingerprint density at radius 2 is 2.17 bits per heavy atom. The van der Waals surface area contributed by atoms with Gasteiger partial charge in [0.05, 0.1) is 6.61 Å². The first kappa shape index (κ1) is 11.5. The molecule has 18 heavy (non-hydrogen) atoms. The van der Waals surface area contributed by atoms with Gasteiger partial charge in [-0.1, -0.05) is 0 Å². The molecular formula is C14H18N2O2. The van der Waals surface area contributed by atoms with Gasteiger partial charge >= 0.3 is 0 Å². The number of hydrogen-bond acceptors (Lipinski definition) is 3. The number of rotatable bonds is 4. The van der Waals surface area contributed by atoms with E-state index < -0.39 is 0 Å². The fourth-order valence-electron chi connectivity index (χ4n) is 2.35. The lowest BCUT2D eigenvalue weighted by Crippen LogP contribution is -2.21. The maximum absolute atomic E-state index is 11.3. The monoisotopic (exact) mass is 246 g/mol. The largest absolute Gasteiger partial charge is 0.396 e. The Balaban J connectivity index is 1.69. The van der Waals surface area contributed by atoms with Crippen molar-refractivity contribution in [1.29, 1.82) is 0 Å². The average Bonchev–Trinajstić information content (AvgIpc) is 3.17. The molecule has 2 aliphatic rings. The minimum atomic E-state index is 0.0976. The number of hydrogen-bond donors (Lipinski definition) is 3. The lowest BCUT2D eigenvalue weighted by Gasteiger charge is -2.19. The Morgan fingerprint density at radius 1 is 1.33 bits per heavy atom. The normalized spacial score (nSPS) is 19.9. The topological polar surface area (TPSA) is 61.4 Å². The van der Waals surface area contributed by atoms with E-state index in [1.807, 2.05) is 12.1 Å². The number of amides is 1. The van der Waals surface area contributed by atoms with Crippen LogP contribution in [-0.4, -0.2) is 24.2 Å². The zero-order valence-corrected chi connectivity index (χ0v) is 10.3. The van der Waals surface area contributed by atoms with Crippen LogP contribution in [0.2, 0.25) is 0 Å². The summed E-state index contributed by atoms with van der Waals surface area (Å²) in [7, 11) is 0. The number of nitrogens with one attached hydrogen (secondary N) is 2. The summed E-state index contributed by atoms with van der Waals surface area (Å²) in [5.41, 5.74) is 3.31. The first-order valence-corrected chi connectivity index (χ1v) is 6.48. The minimum absolute atomic E-state index is 0.0976. The zero-order chi connectivity index (χ0) is 12.6. The fourth-order valence-corrected chi connectivity index (χ4v) is 2.35. The van der Waals surface area contributed by atoms with E-state index >= 15 is 0 Å². The van der Waals surface area contributed by atoms with Crippen LogP contribution in [0.4, 0.5) is 11.4 Å². The van der Waals surface area contributed by atoms with Gasteiger partial charge in [-0.15, -0.1) is 0 Å². The van der Waals surface area contributed by atoms with Crippen molar-refractivity contribution in [2.45, 2.75) is 25.7 Å². The number of aliphatic hydroxyl groups is 1. The van der Waals surface area contributed by atoms with E-state index in [9.17, 15) is 9.90 Å². The van der Waals surface area contributed by atoms with E-state index in [0.717, 1.165) is 37.2 Å². The summed E-state index contributed by atoms with van der Waals surface area (Å²) >= 11 is 0. The number of aryl methyl sites for hydroxylation is 1. The molecule has 1 saturated carbocycles. The SMILES string of the molecule is O=C1CCc2cc(NCC3(CO)CC3)ccc2N1. The van der Waals surface area contributed by atoms with Crippen molar-refractivity contribution in [3.63, 3.8) is 0 Å². The molecule has 0 atom stereocenters. The van der Waals surface area contributed by atoms with Crippen LogP contribution < -0.4 is 10.6 Å². The molecule has 0 spiro atoms. The number of fused-ring (bicyclic) bond motifs is 1. The third-order valence-electron chi connectivity index (χ3n) is 3.96. The van der Waals surface area contributed by atoms with E-state index in [2.05, 4.69) is 16.7 Å². The summed E-state index contributed by atoms with van der Waals surface area (Å²) in [6.45, 7) is 1.09. The molecule has 1 heterocycles. The van der Waals surface area contributed by atoms with Crippen molar-refractivity contribution in [3.05, 3.63) is 23.8 Å². The number of anilines is 2. The summed E-state index contributed by atoms with van der Waals surface area (Å²) in [6.07, 6.45) is 3.59. The first-order chi connectivity index (χ1) is 8.71. The van der Waals surface area contributed by atoms with Crippen LogP contribution in [0.15, 0.2) is 18.2 Å². The zero-order valence-electron chi connectivity index (χ0n) is 10.3. The number of benzene rings is 1. The molecule has 0 bridgehead atoms. The van der Waals surface area contributed by atoms with Crippen LogP contribution >= 0.6 is 0 Å². The van der Waals surface area contributed by atoms with Gasteiger partial charge in [0.2, 0.25) is 5.91 Å². The molecule has 0 unspecified atom stereocenters. The maximum Gasteiger partial charge on any atom is 0.224 e. The summed E-state index contributed by atoms with van der Waals surface area (Å²) in [5, 5.41) is 15.5. The highest BCUT2D eigenvalue weighted by atomic mass is 16.3. The highest BCUT2D eigenvalue weighted by molar-refractivity contribution is 5.94. The Morgan fingerprint density at radius 3 is 2.89 bits per heavy atom. The minimum Gasteiger partial charge on any atom is -0.396 e. The van der Waals surface area contributed by atoms with E-state index in [0.29, 0.717) is 6.42 Å².